The number of hydrogen-bond acceptors (Lipinski definition) is 7. The molecular weight excluding hydrogens is 493 g/mol. The third-order valence-corrected chi connectivity index (χ3v) is 8.79. The molecule has 2 aliphatic heterocycles. The van der Waals surface area contributed by atoms with E-state index >= 15 is 0 Å². The van der Waals surface area contributed by atoms with E-state index in [4.69, 9.17) is 9.72 Å². The predicted molar refractivity (Wildman–Crippen MR) is 133 cm³/mol. The fourth-order valence-electron chi connectivity index (χ4n) is 6.44. The largest absolute Gasteiger partial charge is 0.458 e. The second-order valence-corrected chi connectivity index (χ2v) is 10.8. The summed E-state index contributed by atoms with van der Waals surface area (Å²) in [7, 11) is 0. The van der Waals surface area contributed by atoms with Gasteiger partial charge in [0.1, 0.15) is 12.4 Å². The van der Waals surface area contributed by atoms with Crippen LogP contribution in [0.25, 0.3) is 22.3 Å². The van der Waals surface area contributed by atoms with Crippen molar-refractivity contribution in [1.82, 2.24) is 14.9 Å². The summed E-state index contributed by atoms with van der Waals surface area (Å²) in [5.41, 5.74) is 2.34. The third-order valence-electron chi connectivity index (χ3n) is 8.79. The molecule has 7 rings (SSSR count). The summed E-state index contributed by atoms with van der Waals surface area (Å²) in [6.07, 6.45) is 0.908. The first-order valence-electron chi connectivity index (χ1n) is 12.9. The van der Waals surface area contributed by atoms with E-state index in [1.807, 2.05) is 0 Å². The summed E-state index contributed by atoms with van der Waals surface area (Å²) >= 11 is 0. The standard InChI is InChI=1S/C28H26FN3O6/c1-3-28(37)16-7-20-24-14(9-32(20)26(35)15(16)10-38-27(28)36)23-18(31-25(34)13-6-21(13)33)5-4-12-11(2)17(29)8-19(30-24)22(12)23/h7-8,13,18,21,33,37H,3-6,9-10H2,1-2H3,(H,31,34)/t13?,18-,21?,28-/m0/s1. The van der Waals surface area contributed by atoms with Crippen molar-refractivity contribution in [1.29, 1.82) is 0 Å². The second-order valence-electron chi connectivity index (χ2n) is 10.8. The van der Waals surface area contributed by atoms with Crippen molar-refractivity contribution in [2.45, 2.75) is 70.4 Å². The van der Waals surface area contributed by atoms with Crippen LogP contribution in [0, 0.1) is 18.7 Å². The Morgan fingerprint density at radius 2 is 2.05 bits per heavy atom. The minimum atomic E-state index is -1.95. The number of aryl methyl sites for hydroxylation is 1. The van der Waals surface area contributed by atoms with Gasteiger partial charge in [0.25, 0.3) is 5.56 Å². The quantitative estimate of drug-likeness (QED) is 0.353. The summed E-state index contributed by atoms with van der Waals surface area (Å²) in [5.74, 6) is -1.84. The number of carbonyl (C=O) groups excluding carboxylic acids is 2. The number of fused-ring (bicyclic) bond motifs is 5. The Bertz CT molecular complexity index is 1680. The second kappa shape index (κ2) is 7.70. The molecule has 4 heterocycles. The number of carbonyl (C=O) groups is 2. The highest BCUT2D eigenvalue weighted by atomic mass is 19.1. The number of pyridine rings is 2. The molecule has 3 N–H and O–H groups in total. The lowest BCUT2D eigenvalue weighted by molar-refractivity contribution is -0.172. The number of rotatable bonds is 3. The number of esters is 1. The molecule has 1 fully saturated rings. The Hall–Kier alpha value is -3.63. The smallest absolute Gasteiger partial charge is 0.343 e. The number of aliphatic hydroxyl groups is 2. The molecule has 0 bridgehead atoms. The van der Waals surface area contributed by atoms with E-state index in [0.29, 0.717) is 41.7 Å². The normalized spacial score (nSPS) is 26.4. The molecule has 9 nitrogen and oxygen atoms in total. The molecule has 38 heavy (non-hydrogen) atoms. The van der Waals surface area contributed by atoms with Crippen LogP contribution in [0.5, 0.6) is 0 Å². The van der Waals surface area contributed by atoms with Crippen LogP contribution >= 0.6 is 0 Å². The molecule has 2 unspecified atom stereocenters. The molecule has 0 radical (unpaired) electrons. The molecule has 2 aromatic heterocycles. The van der Waals surface area contributed by atoms with Crippen LogP contribution in [0.15, 0.2) is 16.9 Å². The van der Waals surface area contributed by atoms with Crippen LogP contribution in [0.3, 0.4) is 0 Å². The fourth-order valence-corrected chi connectivity index (χ4v) is 6.44. The lowest BCUT2D eigenvalue weighted by atomic mass is 9.81. The first-order chi connectivity index (χ1) is 18.1. The number of hydrogen-bond donors (Lipinski definition) is 3. The maximum atomic E-state index is 15.0. The van der Waals surface area contributed by atoms with E-state index in [0.717, 1.165) is 22.1 Å². The van der Waals surface area contributed by atoms with Gasteiger partial charge < -0.3 is 24.8 Å². The van der Waals surface area contributed by atoms with Crippen LogP contribution in [0.1, 0.15) is 65.6 Å². The average molecular weight is 520 g/mol. The lowest BCUT2D eigenvalue weighted by Gasteiger charge is -2.31. The first-order valence-corrected chi connectivity index (χ1v) is 12.9. The highest BCUT2D eigenvalue weighted by Gasteiger charge is 2.46. The highest BCUT2D eigenvalue weighted by Crippen LogP contribution is 2.46. The van der Waals surface area contributed by atoms with Crippen LogP contribution in [-0.4, -0.2) is 37.7 Å². The zero-order valence-corrected chi connectivity index (χ0v) is 20.9. The van der Waals surface area contributed by atoms with E-state index in [1.54, 1.807) is 24.5 Å². The summed E-state index contributed by atoms with van der Waals surface area (Å²) in [6, 6.07) is 2.61. The van der Waals surface area contributed by atoms with Crippen LogP contribution < -0.4 is 10.9 Å². The number of ether oxygens (including phenoxy) is 1. The monoisotopic (exact) mass is 519 g/mol. The molecule has 0 spiro atoms. The van der Waals surface area contributed by atoms with Gasteiger partial charge in [-0.05, 0) is 55.4 Å². The number of cyclic esters (lactones) is 1. The third kappa shape index (κ3) is 2.98. The van der Waals surface area contributed by atoms with Gasteiger partial charge in [-0.15, -0.1) is 0 Å². The van der Waals surface area contributed by atoms with Crippen molar-refractivity contribution < 1.29 is 28.9 Å². The minimum absolute atomic E-state index is 0.0277. The van der Waals surface area contributed by atoms with Crippen LogP contribution in [-0.2, 0) is 39.5 Å². The van der Waals surface area contributed by atoms with Crippen LogP contribution in [0.4, 0.5) is 4.39 Å². The number of aliphatic hydroxyl groups excluding tert-OH is 1. The fraction of sp³-hybridized carbons (Fsp3) is 0.429. The van der Waals surface area contributed by atoms with Crippen LogP contribution in [0.2, 0.25) is 0 Å². The summed E-state index contributed by atoms with van der Waals surface area (Å²) in [5, 5.41) is 24.8. The predicted octanol–water partition coefficient (Wildman–Crippen LogP) is 2.01. The number of halogens is 1. The van der Waals surface area contributed by atoms with E-state index in [1.165, 1.54) is 6.07 Å². The SMILES string of the molecule is CC[C@@]1(O)C(=O)OCc2c1cc1n(c2=O)Cc2c-1nc1cc(F)c(C)c3c1c2[C@@H](NC(=O)C1CC1O)CC3. The number of amides is 1. The zero-order chi connectivity index (χ0) is 26.7. The van der Waals surface area contributed by atoms with Gasteiger partial charge in [-0.25, -0.2) is 14.2 Å². The maximum Gasteiger partial charge on any atom is 0.343 e. The van der Waals surface area contributed by atoms with Gasteiger partial charge in [-0.2, -0.15) is 0 Å². The van der Waals surface area contributed by atoms with E-state index in [9.17, 15) is 29.0 Å². The van der Waals surface area contributed by atoms with Gasteiger partial charge in [0.2, 0.25) is 5.91 Å². The topological polar surface area (TPSA) is 131 Å². The molecule has 4 aliphatic rings. The zero-order valence-electron chi connectivity index (χ0n) is 20.9. The van der Waals surface area contributed by atoms with Crippen molar-refractivity contribution in [3.05, 3.63) is 61.7 Å². The van der Waals surface area contributed by atoms with Crippen molar-refractivity contribution in [2.75, 3.05) is 0 Å². The van der Waals surface area contributed by atoms with Crippen molar-refractivity contribution in [3.63, 3.8) is 0 Å². The van der Waals surface area contributed by atoms with Gasteiger partial charge in [-0.3, -0.25) is 9.59 Å². The van der Waals surface area contributed by atoms with Crippen molar-refractivity contribution in [2.24, 2.45) is 5.92 Å². The van der Waals surface area contributed by atoms with E-state index in [2.05, 4.69) is 5.32 Å². The molecule has 1 amide bonds. The van der Waals surface area contributed by atoms with Gasteiger partial charge in [0.15, 0.2) is 5.60 Å². The molecule has 0 saturated heterocycles. The maximum absolute atomic E-state index is 15.0. The molecule has 4 atom stereocenters. The van der Waals surface area contributed by atoms with Gasteiger partial charge in [0.05, 0.1) is 47.1 Å². The van der Waals surface area contributed by atoms with Gasteiger partial charge >= 0.3 is 5.97 Å². The summed E-state index contributed by atoms with van der Waals surface area (Å²) in [4.78, 5) is 43.8. The summed E-state index contributed by atoms with van der Waals surface area (Å²) < 4.78 is 21.7. The Morgan fingerprint density at radius 1 is 1.29 bits per heavy atom. The Kier molecular flexibility index (Phi) is 4.76. The number of aromatic nitrogens is 2. The molecule has 1 saturated carbocycles. The number of benzene rings is 1. The van der Waals surface area contributed by atoms with Crippen molar-refractivity contribution in [3.8, 4) is 11.4 Å². The molecule has 2 aliphatic carbocycles. The summed E-state index contributed by atoms with van der Waals surface area (Å²) in [6.45, 7) is 3.32. The van der Waals surface area contributed by atoms with Gasteiger partial charge in [0, 0.05) is 22.6 Å². The lowest BCUT2D eigenvalue weighted by Crippen LogP contribution is -2.44. The Labute approximate surface area is 216 Å². The molecule has 3 aromatic rings. The van der Waals surface area contributed by atoms with Gasteiger partial charge in [-0.1, -0.05) is 6.92 Å². The molecular formula is C28H26FN3O6. The van der Waals surface area contributed by atoms with Crippen molar-refractivity contribution >= 4 is 22.8 Å². The Morgan fingerprint density at radius 3 is 2.76 bits per heavy atom. The number of nitrogens with one attached hydrogen (secondary N) is 1. The number of nitrogens with zero attached hydrogens (tertiary/aromatic N) is 2. The van der Waals surface area contributed by atoms with E-state index in [-0.39, 0.29) is 48.0 Å². The minimum Gasteiger partial charge on any atom is -0.458 e. The molecule has 1 aromatic carbocycles. The Balaban J connectivity index is 1.48. The van der Waals surface area contributed by atoms with E-state index < -0.39 is 29.6 Å². The first kappa shape index (κ1) is 23.5. The highest BCUT2D eigenvalue weighted by molar-refractivity contribution is 5.94. The average Bonchev–Trinajstić information content (AvgIpc) is 3.52. The molecule has 10 heteroatoms. The molecule has 196 valence electrons.